The minimum Gasteiger partial charge on any atom is -0.490 e. The van der Waals surface area contributed by atoms with E-state index in [4.69, 9.17) is 4.74 Å². The molecule has 2 aliphatic rings. The van der Waals surface area contributed by atoms with Gasteiger partial charge in [-0.25, -0.2) is 0 Å². The van der Waals surface area contributed by atoms with Crippen LogP contribution in [0.2, 0.25) is 0 Å². The highest BCUT2D eigenvalue weighted by Gasteiger charge is 2.22. The van der Waals surface area contributed by atoms with Gasteiger partial charge in [0.1, 0.15) is 11.9 Å². The van der Waals surface area contributed by atoms with Crippen LogP contribution in [0.1, 0.15) is 69.5 Å². The number of hydrogen-bond donors (Lipinski definition) is 1. The first-order valence-electron chi connectivity index (χ1n) is 8.79. The molecule has 1 aliphatic heterocycles. The van der Waals surface area contributed by atoms with E-state index >= 15 is 0 Å². The lowest BCUT2D eigenvalue weighted by molar-refractivity contribution is 0.254. The van der Waals surface area contributed by atoms with Gasteiger partial charge in [0.15, 0.2) is 0 Å². The average molecular weight is 287 g/mol. The molecule has 1 aliphatic carbocycles. The minimum absolute atomic E-state index is 0.339. The Morgan fingerprint density at radius 2 is 2.10 bits per heavy atom. The molecule has 0 radical (unpaired) electrons. The Morgan fingerprint density at radius 1 is 1.29 bits per heavy atom. The average Bonchev–Trinajstić information content (AvgIpc) is 3.10. The number of ether oxygens (including phenoxy) is 1. The predicted octanol–water partition coefficient (Wildman–Crippen LogP) is 4.63. The maximum atomic E-state index is 5.82. The Kier molecular flexibility index (Phi) is 4.84. The van der Waals surface area contributed by atoms with E-state index in [-0.39, 0.29) is 0 Å². The van der Waals surface area contributed by atoms with Crippen molar-refractivity contribution >= 4 is 0 Å². The maximum Gasteiger partial charge on any atom is 0.123 e. The molecule has 2 nitrogen and oxygen atoms in total. The van der Waals surface area contributed by atoms with Crippen LogP contribution in [0.3, 0.4) is 0 Å². The van der Waals surface area contributed by atoms with Gasteiger partial charge in [0.25, 0.3) is 0 Å². The summed E-state index contributed by atoms with van der Waals surface area (Å²) in [6.45, 7) is 5.40. The van der Waals surface area contributed by atoms with Crippen LogP contribution in [0, 0.1) is 5.92 Å². The number of hydrogen-bond acceptors (Lipinski definition) is 2. The molecule has 2 unspecified atom stereocenters. The Morgan fingerprint density at radius 3 is 2.86 bits per heavy atom. The third kappa shape index (κ3) is 3.60. The molecule has 2 heteroatoms. The molecular formula is C19H29NO. The van der Waals surface area contributed by atoms with E-state index in [2.05, 4.69) is 37.4 Å². The van der Waals surface area contributed by atoms with Crippen molar-refractivity contribution in [3.8, 4) is 5.75 Å². The number of rotatable bonds is 6. The summed E-state index contributed by atoms with van der Waals surface area (Å²) >= 11 is 0. The first-order valence-corrected chi connectivity index (χ1v) is 8.79. The van der Waals surface area contributed by atoms with Crippen LogP contribution in [-0.4, -0.2) is 12.6 Å². The Hall–Kier alpha value is -1.02. The van der Waals surface area contributed by atoms with Gasteiger partial charge in [0.05, 0.1) is 0 Å². The molecule has 0 aromatic heterocycles. The molecule has 1 aromatic rings. The van der Waals surface area contributed by atoms with Crippen LogP contribution in [0.5, 0.6) is 5.75 Å². The van der Waals surface area contributed by atoms with Crippen molar-refractivity contribution in [1.82, 2.24) is 5.32 Å². The van der Waals surface area contributed by atoms with Crippen LogP contribution < -0.4 is 10.1 Å². The van der Waals surface area contributed by atoms with Crippen LogP contribution in [0.15, 0.2) is 18.2 Å². The monoisotopic (exact) mass is 287 g/mol. The molecular weight excluding hydrogens is 258 g/mol. The largest absolute Gasteiger partial charge is 0.490 e. The number of fused-ring (bicyclic) bond motifs is 1. The van der Waals surface area contributed by atoms with Gasteiger partial charge < -0.3 is 10.1 Å². The van der Waals surface area contributed by atoms with E-state index in [1.54, 1.807) is 0 Å². The van der Waals surface area contributed by atoms with Gasteiger partial charge >= 0.3 is 0 Å². The zero-order valence-corrected chi connectivity index (χ0v) is 13.5. The van der Waals surface area contributed by atoms with Crippen LogP contribution in [0.25, 0.3) is 0 Å². The molecule has 1 aromatic carbocycles. The second-order valence-corrected chi connectivity index (χ2v) is 6.84. The van der Waals surface area contributed by atoms with Gasteiger partial charge in [-0.3, -0.25) is 0 Å². The van der Waals surface area contributed by atoms with E-state index in [1.165, 1.54) is 49.7 Å². The summed E-state index contributed by atoms with van der Waals surface area (Å²) in [5.41, 5.74) is 2.84. The lowest BCUT2D eigenvalue weighted by Gasteiger charge is -2.21. The molecule has 1 fully saturated rings. The van der Waals surface area contributed by atoms with Crippen LogP contribution in [0.4, 0.5) is 0 Å². The molecule has 21 heavy (non-hydrogen) atoms. The summed E-state index contributed by atoms with van der Waals surface area (Å²) in [6.07, 6.45) is 9.85. The summed E-state index contributed by atoms with van der Waals surface area (Å²) in [5, 5.41) is 3.68. The topological polar surface area (TPSA) is 21.3 Å². The standard InChI is InChI=1S/C19H29NO/c1-3-20-18(10-8-15-6-4-5-7-15)16-9-11-19-17(13-16)12-14(2)21-19/h9,11,13-15,18,20H,3-8,10,12H2,1-2H3. The lowest BCUT2D eigenvalue weighted by Crippen LogP contribution is -2.21. The second kappa shape index (κ2) is 6.83. The third-order valence-corrected chi connectivity index (χ3v) is 5.11. The molecule has 1 saturated carbocycles. The second-order valence-electron chi connectivity index (χ2n) is 6.84. The molecule has 0 amide bonds. The van der Waals surface area contributed by atoms with Gasteiger partial charge in [0, 0.05) is 12.5 Å². The van der Waals surface area contributed by atoms with Crippen molar-refractivity contribution in [3.63, 3.8) is 0 Å². The van der Waals surface area contributed by atoms with E-state index in [0.717, 1.165) is 24.6 Å². The molecule has 2 atom stereocenters. The van der Waals surface area contributed by atoms with E-state index in [9.17, 15) is 0 Å². The van der Waals surface area contributed by atoms with Gasteiger partial charge in [-0.2, -0.15) is 0 Å². The highest BCUT2D eigenvalue weighted by atomic mass is 16.5. The van der Waals surface area contributed by atoms with E-state index in [1.807, 2.05) is 0 Å². The van der Waals surface area contributed by atoms with E-state index in [0.29, 0.717) is 12.1 Å². The number of benzene rings is 1. The quantitative estimate of drug-likeness (QED) is 0.823. The summed E-state index contributed by atoms with van der Waals surface area (Å²) in [5.74, 6) is 2.07. The van der Waals surface area contributed by atoms with Gasteiger partial charge in [-0.05, 0) is 49.4 Å². The Labute approximate surface area is 129 Å². The van der Waals surface area contributed by atoms with Crippen molar-refractivity contribution in [3.05, 3.63) is 29.3 Å². The van der Waals surface area contributed by atoms with E-state index < -0.39 is 0 Å². The van der Waals surface area contributed by atoms with Crippen molar-refractivity contribution < 1.29 is 4.74 Å². The molecule has 116 valence electrons. The zero-order valence-electron chi connectivity index (χ0n) is 13.5. The SMILES string of the molecule is CCNC(CCC1CCCC1)c1ccc2c(c1)CC(C)O2. The van der Waals surface area contributed by atoms with Crippen LogP contribution >= 0.6 is 0 Å². The fraction of sp³-hybridized carbons (Fsp3) is 0.684. The van der Waals surface area contributed by atoms with Crippen molar-refractivity contribution in [1.29, 1.82) is 0 Å². The Bertz CT molecular complexity index is 465. The van der Waals surface area contributed by atoms with Gasteiger partial charge in [-0.1, -0.05) is 44.7 Å². The molecule has 0 saturated heterocycles. The fourth-order valence-corrected chi connectivity index (χ4v) is 3.99. The minimum atomic E-state index is 0.339. The van der Waals surface area contributed by atoms with Crippen molar-refractivity contribution in [2.45, 2.75) is 70.9 Å². The summed E-state index contributed by atoms with van der Waals surface area (Å²) in [7, 11) is 0. The first kappa shape index (κ1) is 14.9. The highest BCUT2D eigenvalue weighted by molar-refractivity contribution is 5.41. The highest BCUT2D eigenvalue weighted by Crippen LogP contribution is 2.34. The maximum absolute atomic E-state index is 5.82. The summed E-state index contributed by atoms with van der Waals surface area (Å²) in [6, 6.07) is 7.32. The molecule has 1 N–H and O–H groups in total. The molecule has 1 heterocycles. The number of nitrogens with one attached hydrogen (secondary N) is 1. The van der Waals surface area contributed by atoms with Crippen LogP contribution in [-0.2, 0) is 6.42 Å². The Balaban J connectivity index is 1.66. The summed E-state index contributed by atoms with van der Waals surface area (Å²) in [4.78, 5) is 0. The van der Waals surface area contributed by atoms with Gasteiger partial charge in [0.2, 0.25) is 0 Å². The molecule has 0 bridgehead atoms. The molecule has 0 spiro atoms. The molecule has 3 rings (SSSR count). The van der Waals surface area contributed by atoms with Crippen molar-refractivity contribution in [2.24, 2.45) is 5.92 Å². The fourth-order valence-electron chi connectivity index (χ4n) is 3.99. The van der Waals surface area contributed by atoms with Gasteiger partial charge in [-0.15, -0.1) is 0 Å². The summed E-state index contributed by atoms with van der Waals surface area (Å²) < 4.78 is 5.82. The predicted molar refractivity (Wildman–Crippen MR) is 87.8 cm³/mol. The third-order valence-electron chi connectivity index (χ3n) is 5.11. The normalized spacial score (nSPS) is 23.0. The van der Waals surface area contributed by atoms with Crippen molar-refractivity contribution in [2.75, 3.05) is 6.54 Å². The smallest absolute Gasteiger partial charge is 0.123 e. The first-order chi connectivity index (χ1) is 10.3. The zero-order chi connectivity index (χ0) is 14.7. The lowest BCUT2D eigenvalue weighted by atomic mass is 9.93.